The normalized spacial score (nSPS) is 10.1. The predicted molar refractivity (Wildman–Crippen MR) is 69.9 cm³/mol. The second kappa shape index (κ2) is 5.01. The maximum Gasteiger partial charge on any atom is 0.494 e. The Hall–Kier alpha value is -0.818. The monoisotopic (exact) mass is 290 g/mol. The first-order valence-corrected chi connectivity index (χ1v) is 6.23. The van der Waals surface area contributed by atoms with Gasteiger partial charge in [-0.3, -0.25) is 4.98 Å². The first-order valence-electron chi connectivity index (χ1n) is 4.86. The van der Waals surface area contributed by atoms with Gasteiger partial charge in [0.2, 0.25) is 0 Å². The quantitative estimate of drug-likeness (QED) is 0.793. The first-order chi connectivity index (χ1) is 7.70. The lowest BCUT2D eigenvalue weighted by atomic mass is 10.1. The Balaban J connectivity index is 2.58. The zero-order valence-electron chi connectivity index (χ0n) is 8.90. The number of hydrogen-bond donors (Lipinski definition) is 0. The van der Waals surface area contributed by atoms with Gasteiger partial charge in [0.15, 0.2) is 0 Å². The van der Waals surface area contributed by atoms with E-state index in [1.165, 1.54) is 16.6 Å². The lowest BCUT2D eigenvalue weighted by Gasteiger charge is -2.10. The molecule has 0 saturated carbocycles. The molecule has 0 saturated heterocycles. The Kier molecular flexibility index (Phi) is 3.65. The van der Waals surface area contributed by atoms with Gasteiger partial charge < -0.3 is 3.79 Å². The summed E-state index contributed by atoms with van der Waals surface area (Å²) in [5, 5.41) is 0. The number of aryl methyl sites for hydroxylation is 1. The summed E-state index contributed by atoms with van der Waals surface area (Å²) in [5.41, 5.74) is 2.94. The predicted octanol–water partition coefficient (Wildman–Crippen LogP) is 3.01. The molecule has 0 spiro atoms. The van der Waals surface area contributed by atoms with E-state index in [9.17, 15) is 0 Å². The van der Waals surface area contributed by atoms with E-state index in [0.29, 0.717) is 0 Å². The molecule has 0 aliphatic rings. The summed E-state index contributed by atoms with van der Waals surface area (Å²) in [4.78, 5) is 4.50. The van der Waals surface area contributed by atoms with Crippen molar-refractivity contribution in [3.8, 4) is 17.0 Å². The van der Waals surface area contributed by atoms with Crippen LogP contribution >= 0.6 is 15.9 Å². The molecule has 4 heteroatoms. The Labute approximate surface area is 112 Å². The molecule has 0 aliphatic carbocycles. The van der Waals surface area contributed by atoms with Crippen LogP contribution in [-0.4, -0.2) is 21.6 Å². The molecule has 0 fully saturated rings. The van der Waals surface area contributed by atoms with Gasteiger partial charge >= 0.3 is 16.6 Å². The van der Waals surface area contributed by atoms with Crippen LogP contribution < -0.4 is 3.79 Å². The molecule has 2 nitrogen and oxygen atoms in total. The molecule has 0 N–H and O–H groups in total. The van der Waals surface area contributed by atoms with Crippen LogP contribution in [0.25, 0.3) is 11.3 Å². The second-order valence-electron chi connectivity index (χ2n) is 3.45. The lowest BCUT2D eigenvalue weighted by molar-refractivity contribution is 0.618. The third-order valence-electron chi connectivity index (χ3n) is 2.26. The number of aromatic nitrogens is 1. The van der Waals surface area contributed by atoms with Gasteiger partial charge in [0.1, 0.15) is 0 Å². The molecule has 2 rings (SSSR count). The summed E-state index contributed by atoms with van der Waals surface area (Å²) in [5.74, 6) is 0.847. The van der Waals surface area contributed by atoms with Crippen molar-refractivity contribution in [2.75, 3.05) is 0 Å². The van der Waals surface area contributed by atoms with E-state index in [1.54, 1.807) is 0 Å². The second-order valence-corrected chi connectivity index (χ2v) is 4.65. The van der Waals surface area contributed by atoms with Crippen molar-refractivity contribution in [3.05, 3.63) is 46.6 Å². The minimum atomic E-state index is 0.847. The number of rotatable bonds is 2. The highest BCUT2D eigenvalue weighted by atomic mass is 79.9. The molecule has 0 atom stereocenters. The van der Waals surface area contributed by atoms with Crippen LogP contribution in [0.1, 0.15) is 5.69 Å². The van der Waals surface area contributed by atoms with Crippen LogP contribution in [0.5, 0.6) is 5.75 Å². The number of benzene rings is 1. The minimum absolute atomic E-state index is 0.847. The third-order valence-corrected chi connectivity index (χ3v) is 3.07. The molecule has 1 radical (unpaired) electrons. The molecule has 1 aromatic carbocycles. The fourth-order valence-corrected chi connectivity index (χ4v) is 2.13. The highest BCUT2D eigenvalue weighted by Crippen LogP contribution is 2.31. The number of pyridine rings is 1. The van der Waals surface area contributed by atoms with Crippen molar-refractivity contribution in [2.45, 2.75) is 6.92 Å². The fraction of sp³-hybridized carbons (Fsp3) is 0.0833. The first kappa shape index (κ1) is 11.7. The molecule has 1 aromatic heterocycles. The van der Waals surface area contributed by atoms with Gasteiger partial charge in [-0.25, -0.2) is 0 Å². The van der Waals surface area contributed by atoms with Gasteiger partial charge in [-0.05, 0) is 37.3 Å². The van der Waals surface area contributed by atoms with Gasteiger partial charge in [0.25, 0.3) is 0 Å². The van der Waals surface area contributed by atoms with E-state index < -0.39 is 0 Å². The molecule has 1 heterocycles. The maximum atomic E-state index is 5.36. The Morgan fingerprint density at radius 3 is 2.75 bits per heavy atom. The van der Waals surface area contributed by atoms with E-state index in [-0.39, 0.29) is 0 Å². The van der Waals surface area contributed by atoms with Gasteiger partial charge in [0.05, 0.1) is 11.4 Å². The highest BCUT2D eigenvalue weighted by Gasteiger charge is 2.06. The Morgan fingerprint density at radius 2 is 2.06 bits per heavy atom. The van der Waals surface area contributed by atoms with Crippen molar-refractivity contribution < 1.29 is 3.79 Å². The van der Waals surface area contributed by atoms with Crippen LogP contribution in [0, 0.1) is 6.92 Å². The fourth-order valence-electron chi connectivity index (χ4n) is 1.52. The van der Waals surface area contributed by atoms with Gasteiger partial charge in [-0.1, -0.05) is 22.0 Å². The van der Waals surface area contributed by atoms with Crippen molar-refractivity contribution in [1.29, 1.82) is 0 Å². The van der Waals surface area contributed by atoms with Crippen molar-refractivity contribution >= 4 is 32.6 Å². The smallest absolute Gasteiger partial charge is 0.494 e. The average Bonchev–Trinajstić information content (AvgIpc) is 2.29. The summed E-state index contributed by atoms with van der Waals surface area (Å²) in [6.07, 6.45) is 0. The van der Waals surface area contributed by atoms with E-state index in [1.807, 2.05) is 43.3 Å². The zero-order valence-corrected chi connectivity index (χ0v) is 11.9. The largest absolute Gasteiger partial charge is 0.650 e. The Morgan fingerprint density at radius 1 is 1.25 bits per heavy atom. The minimum Gasteiger partial charge on any atom is -0.650 e. The van der Waals surface area contributed by atoms with Gasteiger partial charge in [-0.2, -0.15) is 0 Å². The van der Waals surface area contributed by atoms with E-state index in [0.717, 1.165) is 27.2 Å². The zero-order chi connectivity index (χ0) is 11.5. The SMILES string of the molecule is Cc1cccc(-c2cc(Br)ccc2[O][AlH])n1. The topological polar surface area (TPSA) is 22.1 Å². The summed E-state index contributed by atoms with van der Waals surface area (Å²) in [7, 11) is 0. The molecular formula is C12H10AlBrNO. The number of hydrogen-bond acceptors (Lipinski definition) is 2. The third kappa shape index (κ3) is 2.46. The molecule has 2 aromatic rings. The highest BCUT2D eigenvalue weighted by molar-refractivity contribution is 9.10. The number of nitrogens with zero attached hydrogens (tertiary/aromatic N) is 1. The summed E-state index contributed by atoms with van der Waals surface area (Å²) in [6, 6.07) is 11.9. The molecule has 79 valence electrons. The van der Waals surface area contributed by atoms with Crippen LogP contribution in [0.4, 0.5) is 0 Å². The van der Waals surface area contributed by atoms with Gasteiger partial charge in [-0.15, -0.1) is 0 Å². The molecule has 0 aliphatic heterocycles. The van der Waals surface area contributed by atoms with Crippen LogP contribution in [0.3, 0.4) is 0 Å². The molecule has 16 heavy (non-hydrogen) atoms. The molecular weight excluding hydrogens is 281 g/mol. The summed E-state index contributed by atoms with van der Waals surface area (Å²) < 4.78 is 6.38. The van der Waals surface area contributed by atoms with E-state index in [2.05, 4.69) is 20.9 Å². The Bertz CT molecular complexity index is 516. The molecule has 0 amide bonds. The lowest BCUT2D eigenvalue weighted by Crippen LogP contribution is -1.92. The molecule has 0 bridgehead atoms. The van der Waals surface area contributed by atoms with Crippen molar-refractivity contribution in [3.63, 3.8) is 0 Å². The maximum absolute atomic E-state index is 5.36. The molecule has 0 unspecified atom stereocenters. The van der Waals surface area contributed by atoms with E-state index in [4.69, 9.17) is 3.79 Å². The average molecular weight is 291 g/mol. The summed E-state index contributed by atoms with van der Waals surface area (Å²) >= 11 is 4.93. The van der Waals surface area contributed by atoms with E-state index >= 15 is 0 Å². The van der Waals surface area contributed by atoms with Crippen LogP contribution in [0.2, 0.25) is 0 Å². The van der Waals surface area contributed by atoms with Crippen LogP contribution in [-0.2, 0) is 0 Å². The van der Waals surface area contributed by atoms with Crippen molar-refractivity contribution in [2.24, 2.45) is 0 Å². The van der Waals surface area contributed by atoms with Crippen LogP contribution in [0.15, 0.2) is 40.9 Å². The van der Waals surface area contributed by atoms with Crippen molar-refractivity contribution in [1.82, 2.24) is 4.98 Å². The summed E-state index contributed by atoms with van der Waals surface area (Å²) in [6.45, 7) is 1.98. The van der Waals surface area contributed by atoms with Gasteiger partial charge in [0, 0.05) is 15.7 Å². The number of halogens is 1. The standard InChI is InChI=1S/C12H10BrNO.Al.H/c1-8-3-2-4-11(14-8)10-7-9(13)5-6-12(10)15;;/h2-7,15H,1H3;;/q;+1;/p-1.